The van der Waals surface area contributed by atoms with Crippen molar-refractivity contribution in [1.29, 1.82) is 0 Å². The van der Waals surface area contributed by atoms with Gasteiger partial charge in [-0.3, -0.25) is 0 Å². The first-order valence-corrected chi connectivity index (χ1v) is 1.85. The minimum absolute atomic E-state index is 0. The molecule has 8 heavy (non-hydrogen) atoms. The Hall–Kier alpha value is -0.320. The van der Waals surface area contributed by atoms with Gasteiger partial charge in [-0.2, -0.15) is 0 Å². The Morgan fingerprint density at radius 3 is 2.12 bits per heavy atom. The number of halogens is 1. The summed E-state index contributed by atoms with van der Waals surface area (Å²) in [6, 6.07) is -0.875. The molecule has 0 aromatic heterocycles. The largest absolute Gasteiger partial charge is 1.00 e. The highest BCUT2D eigenvalue weighted by atomic mass is 35.5. The fourth-order valence-corrected chi connectivity index (χ4v) is 0.0781. The van der Waals surface area contributed by atoms with Crippen molar-refractivity contribution in [2.75, 3.05) is 6.61 Å². The highest BCUT2D eigenvalue weighted by molar-refractivity contribution is 5.71. The molecule has 0 saturated heterocycles. The zero-order chi connectivity index (χ0) is 5.86. The van der Waals surface area contributed by atoms with Crippen molar-refractivity contribution in [3.8, 4) is 0 Å². The maximum atomic E-state index is 9.71. The van der Waals surface area contributed by atoms with Crippen molar-refractivity contribution in [2.24, 2.45) is 0 Å². The third-order valence-electron chi connectivity index (χ3n) is 0.570. The fraction of sp³-hybridized carbons (Fsp3) is 0.667. The Labute approximate surface area is 52.7 Å². The van der Waals surface area contributed by atoms with Crippen LogP contribution in [0.4, 0.5) is 0 Å². The molecule has 1 atom stereocenters. The molecular weight excluding hydrogens is 134 g/mol. The Morgan fingerprint density at radius 1 is 1.75 bits per heavy atom. The number of aliphatic carboxylic acids is 1. The van der Waals surface area contributed by atoms with Gasteiger partial charge in [0.05, 0.1) is 0 Å². The van der Waals surface area contributed by atoms with Crippen LogP contribution in [-0.2, 0) is 4.79 Å². The summed E-state index contributed by atoms with van der Waals surface area (Å²) >= 11 is 0. The second-order valence-electron chi connectivity index (χ2n) is 1.22. The monoisotopic (exact) mass is 142 g/mol. The van der Waals surface area contributed by atoms with Crippen molar-refractivity contribution >= 4 is 5.97 Å². The maximum Gasteiger partial charge on any atom is 0.364 e. The Kier molecular flexibility index (Phi) is 6.41. The Balaban J connectivity index is 0. The molecular formula is C3H8ClNO3. The van der Waals surface area contributed by atoms with E-state index >= 15 is 0 Å². The zero-order valence-electron chi connectivity index (χ0n) is 4.17. The maximum absolute atomic E-state index is 9.71. The quantitative estimate of drug-likeness (QED) is 0.337. The lowest BCUT2D eigenvalue weighted by atomic mass is 10.5. The summed E-state index contributed by atoms with van der Waals surface area (Å²) in [7, 11) is 0. The van der Waals surface area contributed by atoms with Gasteiger partial charge in [0.1, 0.15) is 6.61 Å². The molecule has 0 bridgehead atoms. The molecule has 5 heteroatoms. The lowest BCUT2D eigenvalue weighted by Gasteiger charge is -1.92. The normalized spacial score (nSPS) is 11.8. The molecule has 0 heterocycles. The standard InChI is InChI=1S/C3H7NO3.ClH/c4-2(1-5)3(6)7;/h2,5H,1,4H2,(H,6,7);1H/i3+1;. The fourth-order valence-electron chi connectivity index (χ4n) is 0.0781. The van der Waals surface area contributed by atoms with Gasteiger partial charge in [0.2, 0.25) is 6.04 Å². The summed E-state index contributed by atoms with van der Waals surface area (Å²) in [6.07, 6.45) is 0. The molecule has 0 rings (SSSR count). The third kappa shape index (κ3) is 3.86. The molecule has 50 valence electrons. The molecule has 0 aromatic carbocycles. The van der Waals surface area contributed by atoms with Gasteiger partial charge in [0.15, 0.2) is 0 Å². The van der Waals surface area contributed by atoms with E-state index in [2.05, 4.69) is 5.73 Å². The lowest BCUT2D eigenvalue weighted by molar-refractivity contribution is -0.412. The minimum Gasteiger partial charge on any atom is -1.00 e. The van der Waals surface area contributed by atoms with Crippen molar-refractivity contribution in [1.82, 2.24) is 0 Å². The van der Waals surface area contributed by atoms with Gasteiger partial charge >= 0.3 is 5.97 Å². The number of hydrogen-bond donors (Lipinski definition) is 3. The highest BCUT2D eigenvalue weighted by Gasteiger charge is 2.11. The van der Waals surface area contributed by atoms with E-state index in [4.69, 9.17) is 10.2 Å². The molecule has 0 spiro atoms. The summed E-state index contributed by atoms with van der Waals surface area (Å²) < 4.78 is 0. The molecule has 0 aliphatic heterocycles. The SMILES string of the molecule is [Cl-].[NH3+]C(CO)[13C](=O)O. The molecule has 0 saturated carbocycles. The molecule has 0 aliphatic rings. The topological polar surface area (TPSA) is 85.2 Å². The van der Waals surface area contributed by atoms with Crippen LogP contribution in [0.25, 0.3) is 0 Å². The smallest absolute Gasteiger partial charge is 0.364 e. The van der Waals surface area contributed by atoms with Gasteiger partial charge in [-0.05, 0) is 0 Å². The number of quaternary nitrogens is 1. The molecule has 5 N–H and O–H groups in total. The van der Waals surface area contributed by atoms with Crippen molar-refractivity contribution in [3.63, 3.8) is 0 Å². The number of rotatable bonds is 2. The van der Waals surface area contributed by atoms with Crippen LogP contribution < -0.4 is 18.1 Å². The number of aliphatic hydroxyl groups excluding tert-OH is 1. The Bertz CT molecular complexity index is 76.9. The molecule has 0 aliphatic carbocycles. The van der Waals surface area contributed by atoms with Crippen molar-refractivity contribution < 1.29 is 33.1 Å². The summed E-state index contributed by atoms with van der Waals surface area (Å²) in [6.45, 7) is -0.394. The summed E-state index contributed by atoms with van der Waals surface area (Å²) in [5.74, 6) is -1.07. The van der Waals surface area contributed by atoms with Gasteiger partial charge in [0, 0.05) is 0 Å². The first kappa shape index (κ1) is 10.6. The van der Waals surface area contributed by atoms with E-state index in [1.807, 2.05) is 0 Å². The molecule has 0 radical (unpaired) electrons. The van der Waals surface area contributed by atoms with E-state index in [0.29, 0.717) is 0 Å². The van der Waals surface area contributed by atoms with E-state index in [1.54, 1.807) is 0 Å². The zero-order valence-corrected chi connectivity index (χ0v) is 4.93. The van der Waals surface area contributed by atoms with Gasteiger partial charge in [0.25, 0.3) is 0 Å². The van der Waals surface area contributed by atoms with E-state index in [-0.39, 0.29) is 12.4 Å². The van der Waals surface area contributed by atoms with Crippen LogP contribution in [0.2, 0.25) is 0 Å². The summed E-state index contributed by atoms with van der Waals surface area (Å²) in [5.41, 5.74) is 3.11. The number of carboxylic acid groups (broad SMARTS) is 1. The van der Waals surface area contributed by atoms with E-state index in [1.165, 1.54) is 0 Å². The minimum atomic E-state index is -1.07. The number of carboxylic acids is 1. The predicted octanol–water partition coefficient (Wildman–Crippen LogP) is -5.32. The average molecular weight is 143 g/mol. The highest BCUT2D eigenvalue weighted by Crippen LogP contribution is 1.67. The first-order chi connectivity index (χ1) is 3.18. The molecule has 0 aromatic rings. The predicted molar refractivity (Wildman–Crippen MR) is 21.4 cm³/mol. The van der Waals surface area contributed by atoms with Gasteiger partial charge < -0.3 is 28.4 Å². The van der Waals surface area contributed by atoms with Crippen LogP contribution in [-0.4, -0.2) is 28.8 Å². The number of carbonyl (C=O) groups is 1. The van der Waals surface area contributed by atoms with E-state index in [9.17, 15) is 4.79 Å². The third-order valence-corrected chi connectivity index (χ3v) is 0.570. The Morgan fingerprint density at radius 2 is 2.12 bits per heavy atom. The van der Waals surface area contributed by atoms with Crippen molar-refractivity contribution in [2.45, 2.75) is 6.04 Å². The van der Waals surface area contributed by atoms with Crippen LogP contribution in [0.1, 0.15) is 0 Å². The van der Waals surface area contributed by atoms with Crippen LogP contribution in [0.5, 0.6) is 0 Å². The van der Waals surface area contributed by atoms with E-state index in [0.717, 1.165) is 0 Å². The van der Waals surface area contributed by atoms with Gasteiger partial charge in [-0.15, -0.1) is 0 Å². The second kappa shape index (κ2) is 4.83. The van der Waals surface area contributed by atoms with Crippen LogP contribution in [0.15, 0.2) is 0 Å². The molecule has 4 nitrogen and oxygen atoms in total. The number of hydrogen-bond acceptors (Lipinski definition) is 2. The second-order valence-corrected chi connectivity index (χ2v) is 1.22. The summed E-state index contributed by atoms with van der Waals surface area (Å²) in [5, 5.41) is 16.0. The first-order valence-electron chi connectivity index (χ1n) is 1.85. The van der Waals surface area contributed by atoms with Crippen LogP contribution >= 0.6 is 0 Å². The average Bonchev–Trinajstić information content (AvgIpc) is 1.65. The van der Waals surface area contributed by atoms with Crippen LogP contribution in [0, 0.1) is 0 Å². The molecule has 0 amide bonds. The van der Waals surface area contributed by atoms with E-state index < -0.39 is 18.6 Å². The van der Waals surface area contributed by atoms with Crippen molar-refractivity contribution in [3.05, 3.63) is 0 Å². The number of aliphatic hydroxyl groups is 1. The van der Waals surface area contributed by atoms with Gasteiger partial charge in [-0.25, -0.2) is 4.79 Å². The lowest BCUT2D eigenvalue weighted by Crippen LogP contribution is -3.00. The molecule has 0 fully saturated rings. The van der Waals surface area contributed by atoms with Gasteiger partial charge in [-0.1, -0.05) is 0 Å². The molecule has 1 unspecified atom stereocenters. The summed E-state index contributed by atoms with van der Waals surface area (Å²) in [4.78, 5) is 9.71. The van der Waals surface area contributed by atoms with Crippen LogP contribution in [0.3, 0.4) is 0 Å².